The molecule has 4 aromatic rings. The minimum atomic E-state index is 0.713. The summed E-state index contributed by atoms with van der Waals surface area (Å²) in [6.07, 6.45) is 0. The molecule has 0 saturated heterocycles. The molecule has 3 aromatic carbocycles. The summed E-state index contributed by atoms with van der Waals surface area (Å²) < 4.78 is 2.00. The maximum atomic E-state index is 6.08. The summed E-state index contributed by atoms with van der Waals surface area (Å²) in [5.41, 5.74) is 7.47. The smallest absolute Gasteiger partial charge is 0.0934 e. The molecule has 4 rings (SSSR count). The van der Waals surface area contributed by atoms with Gasteiger partial charge in [0.05, 0.1) is 17.1 Å². The zero-order chi connectivity index (χ0) is 19.0. The van der Waals surface area contributed by atoms with Gasteiger partial charge < -0.3 is 0 Å². The molecular formula is C23H18Cl2N2. The lowest BCUT2D eigenvalue weighted by atomic mass is 10.1. The van der Waals surface area contributed by atoms with Gasteiger partial charge in [0.1, 0.15) is 0 Å². The summed E-state index contributed by atoms with van der Waals surface area (Å²) in [5, 5.41) is 6.34. The zero-order valence-electron chi connectivity index (χ0n) is 15.1. The number of aromatic nitrogens is 2. The Hall–Kier alpha value is -2.55. The third-order valence-electron chi connectivity index (χ3n) is 4.57. The molecule has 0 N–H and O–H groups in total. The van der Waals surface area contributed by atoms with Crippen LogP contribution in [0.4, 0.5) is 0 Å². The van der Waals surface area contributed by atoms with Gasteiger partial charge in [0.2, 0.25) is 0 Å². The fraction of sp³-hybridized carbons (Fsp3) is 0.0870. The Balaban J connectivity index is 1.92. The van der Waals surface area contributed by atoms with Crippen molar-refractivity contribution in [3.05, 3.63) is 94.0 Å². The summed E-state index contributed by atoms with van der Waals surface area (Å²) in [6.45, 7) is 4.21. The van der Waals surface area contributed by atoms with Crippen molar-refractivity contribution in [3.8, 4) is 28.2 Å². The normalized spacial score (nSPS) is 11.0. The maximum absolute atomic E-state index is 6.08. The first-order valence-corrected chi connectivity index (χ1v) is 9.46. The first-order valence-electron chi connectivity index (χ1n) is 8.71. The first-order chi connectivity index (χ1) is 13.0. The van der Waals surface area contributed by atoms with E-state index in [1.165, 1.54) is 11.1 Å². The molecule has 0 saturated carbocycles. The SMILES string of the molecule is Cc1ccc(-n2nc(-c3ccc(Cl)cc3)cc2-c2ccc(Cl)cc2)c(C)c1. The molecule has 4 heteroatoms. The zero-order valence-corrected chi connectivity index (χ0v) is 16.6. The summed E-state index contributed by atoms with van der Waals surface area (Å²) in [6, 6.07) is 24.1. The minimum Gasteiger partial charge on any atom is -0.232 e. The van der Waals surface area contributed by atoms with Gasteiger partial charge >= 0.3 is 0 Å². The maximum Gasteiger partial charge on any atom is 0.0934 e. The Morgan fingerprint density at radius 1 is 0.704 bits per heavy atom. The Labute approximate surface area is 169 Å². The topological polar surface area (TPSA) is 17.8 Å². The fourth-order valence-electron chi connectivity index (χ4n) is 3.20. The van der Waals surface area contributed by atoms with Crippen LogP contribution in [0.2, 0.25) is 10.0 Å². The van der Waals surface area contributed by atoms with Crippen LogP contribution in [0.5, 0.6) is 0 Å². The molecule has 0 spiro atoms. The molecule has 0 bridgehead atoms. The lowest BCUT2D eigenvalue weighted by Crippen LogP contribution is -2.02. The predicted octanol–water partition coefficient (Wildman–Crippen LogP) is 7.13. The summed E-state index contributed by atoms with van der Waals surface area (Å²) in [7, 11) is 0. The molecule has 0 unspecified atom stereocenters. The van der Waals surface area contributed by atoms with Gasteiger partial charge in [-0.05, 0) is 55.8 Å². The molecule has 0 aliphatic rings. The highest BCUT2D eigenvalue weighted by atomic mass is 35.5. The highest BCUT2D eigenvalue weighted by Gasteiger charge is 2.14. The Kier molecular flexibility index (Phi) is 4.77. The molecular weight excluding hydrogens is 375 g/mol. The molecule has 0 atom stereocenters. The minimum absolute atomic E-state index is 0.713. The second-order valence-corrected chi connectivity index (χ2v) is 7.50. The lowest BCUT2D eigenvalue weighted by molar-refractivity contribution is 0.883. The van der Waals surface area contributed by atoms with E-state index in [4.69, 9.17) is 28.3 Å². The second kappa shape index (κ2) is 7.22. The standard InChI is InChI=1S/C23H18Cl2N2/c1-15-3-12-22(16(2)13-15)27-23(18-6-10-20(25)11-7-18)14-21(26-27)17-4-8-19(24)9-5-17/h3-14H,1-2H3. The monoisotopic (exact) mass is 392 g/mol. The van der Waals surface area contributed by atoms with Crippen molar-refractivity contribution in [2.45, 2.75) is 13.8 Å². The average molecular weight is 393 g/mol. The van der Waals surface area contributed by atoms with Gasteiger partial charge in [-0.2, -0.15) is 5.10 Å². The number of hydrogen-bond acceptors (Lipinski definition) is 1. The molecule has 0 fully saturated rings. The van der Waals surface area contributed by atoms with E-state index in [1.807, 2.05) is 53.2 Å². The second-order valence-electron chi connectivity index (χ2n) is 6.63. The quantitative estimate of drug-likeness (QED) is 0.362. The summed E-state index contributed by atoms with van der Waals surface area (Å²) in [5.74, 6) is 0. The highest BCUT2D eigenvalue weighted by Crippen LogP contribution is 2.31. The van der Waals surface area contributed by atoms with E-state index in [-0.39, 0.29) is 0 Å². The van der Waals surface area contributed by atoms with Gasteiger partial charge in [-0.15, -0.1) is 0 Å². The molecule has 0 amide bonds. The Morgan fingerprint density at radius 2 is 1.30 bits per heavy atom. The summed E-state index contributed by atoms with van der Waals surface area (Å²) >= 11 is 12.1. The van der Waals surface area contributed by atoms with Crippen LogP contribution in [0, 0.1) is 13.8 Å². The number of aryl methyl sites for hydroxylation is 2. The Morgan fingerprint density at radius 3 is 1.89 bits per heavy atom. The number of rotatable bonds is 3. The van der Waals surface area contributed by atoms with Crippen molar-refractivity contribution < 1.29 is 0 Å². The van der Waals surface area contributed by atoms with E-state index in [0.29, 0.717) is 10.0 Å². The number of benzene rings is 3. The molecule has 2 nitrogen and oxygen atoms in total. The van der Waals surface area contributed by atoms with E-state index >= 15 is 0 Å². The number of halogens is 2. The molecule has 1 aromatic heterocycles. The Bertz CT molecular complexity index is 1090. The summed E-state index contributed by atoms with van der Waals surface area (Å²) in [4.78, 5) is 0. The van der Waals surface area contributed by atoms with Crippen molar-refractivity contribution in [2.24, 2.45) is 0 Å². The number of hydrogen-bond donors (Lipinski definition) is 0. The molecule has 27 heavy (non-hydrogen) atoms. The number of nitrogens with zero attached hydrogens (tertiary/aromatic N) is 2. The molecule has 0 radical (unpaired) electrons. The van der Waals surface area contributed by atoms with Crippen LogP contribution in [0.15, 0.2) is 72.8 Å². The third kappa shape index (κ3) is 3.64. The fourth-order valence-corrected chi connectivity index (χ4v) is 3.45. The predicted molar refractivity (Wildman–Crippen MR) is 114 cm³/mol. The van der Waals surface area contributed by atoms with Gasteiger partial charge in [-0.25, -0.2) is 4.68 Å². The van der Waals surface area contributed by atoms with Crippen molar-refractivity contribution in [2.75, 3.05) is 0 Å². The average Bonchev–Trinajstić information content (AvgIpc) is 3.08. The lowest BCUT2D eigenvalue weighted by Gasteiger charge is -2.11. The largest absolute Gasteiger partial charge is 0.232 e. The van der Waals surface area contributed by atoms with Gasteiger partial charge in [0.15, 0.2) is 0 Å². The van der Waals surface area contributed by atoms with Gasteiger partial charge in [0.25, 0.3) is 0 Å². The third-order valence-corrected chi connectivity index (χ3v) is 5.07. The van der Waals surface area contributed by atoms with Crippen LogP contribution < -0.4 is 0 Å². The van der Waals surface area contributed by atoms with Crippen LogP contribution in [0.25, 0.3) is 28.2 Å². The molecule has 0 aliphatic carbocycles. The van der Waals surface area contributed by atoms with Gasteiger partial charge in [-0.1, -0.05) is 65.2 Å². The first kappa shape index (κ1) is 17.8. The van der Waals surface area contributed by atoms with Gasteiger partial charge in [0, 0.05) is 21.2 Å². The molecule has 0 aliphatic heterocycles. The van der Waals surface area contributed by atoms with Crippen molar-refractivity contribution >= 4 is 23.2 Å². The van der Waals surface area contributed by atoms with E-state index in [9.17, 15) is 0 Å². The molecule has 1 heterocycles. The van der Waals surface area contributed by atoms with E-state index < -0.39 is 0 Å². The van der Waals surface area contributed by atoms with Crippen molar-refractivity contribution in [1.29, 1.82) is 0 Å². The molecule has 134 valence electrons. The van der Waals surface area contributed by atoms with Crippen LogP contribution in [0.1, 0.15) is 11.1 Å². The van der Waals surface area contributed by atoms with E-state index in [2.05, 4.69) is 38.1 Å². The van der Waals surface area contributed by atoms with Gasteiger partial charge in [-0.3, -0.25) is 0 Å². The van der Waals surface area contributed by atoms with E-state index in [1.54, 1.807) is 0 Å². The van der Waals surface area contributed by atoms with Crippen LogP contribution in [0.3, 0.4) is 0 Å². The van der Waals surface area contributed by atoms with Crippen molar-refractivity contribution in [1.82, 2.24) is 9.78 Å². The van der Waals surface area contributed by atoms with Crippen LogP contribution >= 0.6 is 23.2 Å². The van der Waals surface area contributed by atoms with E-state index in [0.717, 1.165) is 28.2 Å². The van der Waals surface area contributed by atoms with Crippen molar-refractivity contribution in [3.63, 3.8) is 0 Å². The van der Waals surface area contributed by atoms with Crippen LogP contribution in [-0.2, 0) is 0 Å². The van der Waals surface area contributed by atoms with Crippen LogP contribution in [-0.4, -0.2) is 9.78 Å². The highest BCUT2D eigenvalue weighted by molar-refractivity contribution is 6.30.